The minimum Gasteiger partial charge on any atom is -0.310 e. The molecule has 0 bridgehead atoms. The minimum absolute atomic E-state index is 0.512. The Bertz CT molecular complexity index is 366. The molecule has 0 amide bonds. The van der Waals surface area contributed by atoms with Crippen molar-refractivity contribution < 1.29 is 0 Å². The van der Waals surface area contributed by atoms with E-state index in [-0.39, 0.29) is 0 Å². The lowest BCUT2D eigenvalue weighted by atomic mass is 9.88. The lowest BCUT2D eigenvalue weighted by molar-refractivity contribution is 0.357. The van der Waals surface area contributed by atoms with Crippen LogP contribution in [0.4, 0.5) is 0 Å². The normalized spacial score (nSPS) is 14.4. The number of unbranched alkanes of at least 4 members (excludes halogenated alkanes) is 1. The number of hydrogen-bond acceptors (Lipinski definition) is 1. The Morgan fingerprint density at radius 1 is 0.952 bits per heavy atom. The zero-order valence-corrected chi connectivity index (χ0v) is 14.8. The van der Waals surface area contributed by atoms with Gasteiger partial charge in [0, 0.05) is 6.04 Å². The van der Waals surface area contributed by atoms with Gasteiger partial charge in [-0.2, -0.15) is 0 Å². The smallest absolute Gasteiger partial charge is 0.0322 e. The predicted molar refractivity (Wildman–Crippen MR) is 94.9 cm³/mol. The largest absolute Gasteiger partial charge is 0.310 e. The van der Waals surface area contributed by atoms with Gasteiger partial charge in [-0.15, -0.1) is 0 Å². The van der Waals surface area contributed by atoms with Crippen LogP contribution in [0.3, 0.4) is 0 Å². The first kappa shape index (κ1) is 18.2. The first-order valence-corrected chi connectivity index (χ1v) is 8.95. The van der Waals surface area contributed by atoms with Gasteiger partial charge in [0.15, 0.2) is 0 Å². The maximum atomic E-state index is 3.69. The third kappa shape index (κ3) is 6.22. The van der Waals surface area contributed by atoms with Crippen LogP contribution in [-0.2, 0) is 0 Å². The van der Waals surface area contributed by atoms with Gasteiger partial charge in [0.2, 0.25) is 0 Å². The summed E-state index contributed by atoms with van der Waals surface area (Å²) in [7, 11) is 0. The fraction of sp³-hybridized carbons (Fsp3) is 0.700. The summed E-state index contributed by atoms with van der Waals surface area (Å²) in [5.41, 5.74) is 2.89. The highest BCUT2D eigenvalue weighted by molar-refractivity contribution is 5.27. The summed E-state index contributed by atoms with van der Waals surface area (Å²) in [5, 5.41) is 3.69. The number of nitrogens with one attached hydrogen (secondary N) is 1. The van der Waals surface area contributed by atoms with Crippen molar-refractivity contribution in [1.82, 2.24) is 5.32 Å². The first-order valence-electron chi connectivity index (χ1n) is 8.95. The van der Waals surface area contributed by atoms with Crippen LogP contribution >= 0.6 is 0 Å². The van der Waals surface area contributed by atoms with Crippen LogP contribution in [0.5, 0.6) is 0 Å². The van der Waals surface area contributed by atoms with Crippen molar-refractivity contribution in [3.8, 4) is 0 Å². The number of rotatable bonds is 10. The standard InChI is InChI=1S/C20H35N/c1-6-9-10-17(7-2)15-20(21-8-3)19-13-11-18(12-14-19)16(4)5/h11-14,16-17,20-21H,6-10,15H2,1-5H3. The molecular weight excluding hydrogens is 254 g/mol. The van der Waals surface area contributed by atoms with Crippen LogP contribution in [0.1, 0.15) is 89.8 Å². The zero-order valence-electron chi connectivity index (χ0n) is 14.8. The van der Waals surface area contributed by atoms with Crippen molar-refractivity contribution in [2.75, 3.05) is 6.54 Å². The lowest BCUT2D eigenvalue weighted by Gasteiger charge is -2.24. The van der Waals surface area contributed by atoms with Gasteiger partial charge in [0.05, 0.1) is 0 Å². The molecule has 0 aliphatic rings. The first-order chi connectivity index (χ1) is 10.1. The molecule has 0 aliphatic heterocycles. The summed E-state index contributed by atoms with van der Waals surface area (Å²) in [6, 6.07) is 9.78. The van der Waals surface area contributed by atoms with Crippen LogP contribution < -0.4 is 5.32 Å². The summed E-state index contributed by atoms with van der Waals surface area (Å²) >= 11 is 0. The highest BCUT2D eigenvalue weighted by atomic mass is 14.9. The van der Waals surface area contributed by atoms with Gasteiger partial charge in [-0.1, -0.05) is 84.6 Å². The SMILES string of the molecule is CCCCC(CC)CC(NCC)c1ccc(C(C)C)cc1. The monoisotopic (exact) mass is 289 g/mol. The summed E-state index contributed by atoms with van der Waals surface area (Å²) in [5.74, 6) is 1.46. The molecule has 0 fully saturated rings. The van der Waals surface area contributed by atoms with Gasteiger partial charge in [0.25, 0.3) is 0 Å². The van der Waals surface area contributed by atoms with Gasteiger partial charge >= 0.3 is 0 Å². The van der Waals surface area contributed by atoms with E-state index in [9.17, 15) is 0 Å². The topological polar surface area (TPSA) is 12.0 Å². The molecule has 0 saturated heterocycles. The quantitative estimate of drug-likeness (QED) is 0.551. The second kappa shape index (κ2) is 10.00. The fourth-order valence-electron chi connectivity index (χ4n) is 3.01. The second-order valence-electron chi connectivity index (χ2n) is 6.58. The van der Waals surface area contributed by atoms with Gasteiger partial charge in [-0.05, 0) is 35.9 Å². The van der Waals surface area contributed by atoms with Crippen molar-refractivity contribution in [1.29, 1.82) is 0 Å². The number of benzene rings is 1. The molecule has 2 atom stereocenters. The van der Waals surface area contributed by atoms with Crippen LogP contribution in [0.15, 0.2) is 24.3 Å². The molecule has 0 radical (unpaired) electrons. The van der Waals surface area contributed by atoms with E-state index in [1.807, 2.05) is 0 Å². The van der Waals surface area contributed by atoms with E-state index in [2.05, 4.69) is 64.2 Å². The van der Waals surface area contributed by atoms with E-state index in [0.717, 1.165) is 12.5 Å². The maximum absolute atomic E-state index is 3.69. The molecule has 1 rings (SSSR count). The van der Waals surface area contributed by atoms with E-state index in [4.69, 9.17) is 0 Å². The molecule has 1 aromatic rings. The van der Waals surface area contributed by atoms with Crippen molar-refractivity contribution in [2.45, 2.75) is 78.7 Å². The summed E-state index contributed by atoms with van der Waals surface area (Å²) in [6.07, 6.45) is 6.62. The Balaban J connectivity index is 2.74. The third-order valence-electron chi connectivity index (χ3n) is 4.57. The van der Waals surface area contributed by atoms with Crippen LogP contribution in [-0.4, -0.2) is 6.54 Å². The predicted octanol–water partition coefficient (Wildman–Crippen LogP) is 6.07. The molecule has 0 aromatic heterocycles. The van der Waals surface area contributed by atoms with E-state index in [1.54, 1.807) is 0 Å². The average molecular weight is 290 g/mol. The van der Waals surface area contributed by atoms with E-state index in [1.165, 1.54) is 43.2 Å². The highest BCUT2D eigenvalue weighted by Crippen LogP contribution is 2.27. The van der Waals surface area contributed by atoms with E-state index < -0.39 is 0 Å². The van der Waals surface area contributed by atoms with Gasteiger partial charge in [-0.3, -0.25) is 0 Å². The Hall–Kier alpha value is -0.820. The van der Waals surface area contributed by atoms with E-state index in [0.29, 0.717) is 12.0 Å². The van der Waals surface area contributed by atoms with Gasteiger partial charge in [-0.25, -0.2) is 0 Å². The molecule has 0 saturated carbocycles. The third-order valence-corrected chi connectivity index (χ3v) is 4.57. The molecule has 1 heteroatoms. The second-order valence-corrected chi connectivity index (χ2v) is 6.58. The Labute approximate surface area is 132 Å². The van der Waals surface area contributed by atoms with Gasteiger partial charge in [0.1, 0.15) is 0 Å². The molecule has 1 nitrogen and oxygen atoms in total. The van der Waals surface area contributed by atoms with Crippen molar-refractivity contribution in [2.24, 2.45) is 5.92 Å². The Kier molecular flexibility index (Phi) is 8.68. The van der Waals surface area contributed by atoms with Crippen LogP contribution in [0.25, 0.3) is 0 Å². The molecule has 0 heterocycles. The van der Waals surface area contributed by atoms with Crippen molar-refractivity contribution >= 4 is 0 Å². The van der Waals surface area contributed by atoms with Crippen LogP contribution in [0, 0.1) is 5.92 Å². The molecular formula is C20H35N. The summed E-state index contributed by atoms with van der Waals surface area (Å²) in [4.78, 5) is 0. The maximum Gasteiger partial charge on any atom is 0.0322 e. The lowest BCUT2D eigenvalue weighted by Crippen LogP contribution is -2.23. The molecule has 1 N–H and O–H groups in total. The van der Waals surface area contributed by atoms with Crippen molar-refractivity contribution in [3.63, 3.8) is 0 Å². The van der Waals surface area contributed by atoms with Crippen molar-refractivity contribution in [3.05, 3.63) is 35.4 Å². The highest BCUT2D eigenvalue weighted by Gasteiger charge is 2.16. The van der Waals surface area contributed by atoms with E-state index >= 15 is 0 Å². The number of hydrogen-bond donors (Lipinski definition) is 1. The summed E-state index contributed by atoms with van der Waals surface area (Å²) < 4.78 is 0. The molecule has 0 spiro atoms. The van der Waals surface area contributed by atoms with Crippen LogP contribution in [0.2, 0.25) is 0 Å². The average Bonchev–Trinajstić information content (AvgIpc) is 2.50. The Morgan fingerprint density at radius 2 is 1.57 bits per heavy atom. The summed E-state index contributed by atoms with van der Waals surface area (Å²) in [6.45, 7) is 12.4. The minimum atomic E-state index is 0.512. The molecule has 120 valence electrons. The molecule has 1 aromatic carbocycles. The molecule has 2 unspecified atom stereocenters. The van der Waals surface area contributed by atoms with Gasteiger partial charge < -0.3 is 5.32 Å². The molecule has 21 heavy (non-hydrogen) atoms. The fourth-order valence-corrected chi connectivity index (χ4v) is 3.01. The zero-order chi connectivity index (χ0) is 15.7. The molecule has 0 aliphatic carbocycles. The Morgan fingerprint density at radius 3 is 2.05 bits per heavy atom.